The van der Waals surface area contributed by atoms with Gasteiger partial charge in [-0.05, 0) is 54.3 Å². The van der Waals surface area contributed by atoms with E-state index in [4.69, 9.17) is 4.74 Å². The van der Waals surface area contributed by atoms with Crippen LogP contribution in [0.2, 0.25) is 0 Å². The fourth-order valence-corrected chi connectivity index (χ4v) is 5.52. The Morgan fingerprint density at radius 2 is 1.89 bits per heavy atom. The highest BCUT2D eigenvalue weighted by Crippen LogP contribution is 2.28. The van der Waals surface area contributed by atoms with E-state index >= 15 is 0 Å². The summed E-state index contributed by atoms with van der Waals surface area (Å²) in [5, 5.41) is 5.93. The number of nitrogens with one attached hydrogen (secondary N) is 1. The van der Waals surface area contributed by atoms with Gasteiger partial charge < -0.3 is 24.4 Å². The lowest BCUT2D eigenvalue weighted by molar-refractivity contribution is 0.0583. The number of methoxy groups -OCH3 is 1. The summed E-state index contributed by atoms with van der Waals surface area (Å²) in [6.45, 7) is 3.69. The summed E-state index contributed by atoms with van der Waals surface area (Å²) in [7, 11) is 1.56. The van der Waals surface area contributed by atoms with Crippen LogP contribution in [0.25, 0.3) is 10.2 Å². The predicted octanol–water partition coefficient (Wildman–Crippen LogP) is 5.28. The van der Waals surface area contributed by atoms with E-state index in [0.29, 0.717) is 43.3 Å². The summed E-state index contributed by atoms with van der Waals surface area (Å²) in [6.07, 6.45) is 0. The summed E-state index contributed by atoms with van der Waals surface area (Å²) in [6, 6.07) is 17.1. The van der Waals surface area contributed by atoms with Crippen LogP contribution in [0, 0.1) is 5.82 Å². The van der Waals surface area contributed by atoms with Crippen molar-refractivity contribution in [3.05, 3.63) is 83.1 Å². The molecule has 1 saturated heterocycles. The number of halogens is 1. The van der Waals surface area contributed by atoms with E-state index in [9.17, 15) is 14.0 Å². The highest BCUT2D eigenvalue weighted by atomic mass is 32.1. The molecule has 0 unspecified atom stereocenters. The summed E-state index contributed by atoms with van der Waals surface area (Å²) >= 11 is 1.58. The van der Waals surface area contributed by atoms with E-state index in [-0.39, 0.29) is 23.8 Å². The number of carbonyl (C=O) groups is 2. The van der Waals surface area contributed by atoms with E-state index < -0.39 is 0 Å². The average Bonchev–Trinajstić information content (AvgIpc) is 3.47. The van der Waals surface area contributed by atoms with Crippen LogP contribution >= 0.6 is 11.3 Å². The summed E-state index contributed by atoms with van der Waals surface area (Å²) < 4.78 is 20.7. The Hall–Kier alpha value is -3.85. The lowest BCUT2D eigenvalue weighted by atomic mass is 10.1. The standard InChI is InChI=1S/C27H27FN4O3S/c1-18-16-30(12-13-31(18)27(34)29-22-5-3-4-6-24(22)35-2)25(33)23-15-20-11-14-36-26(20)32(23)17-19-7-9-21(28)10-8-19/h3-11,14-15,18H,12-13,16-17H2,1-2H3,(H,29,34)/t18-/m0/s1. The molecule has 0 aliphatic carbocycles. The molecule has 5 rings (SSSR count). The van der Waals surface area contributed by atoms with Gasteiger partial charge in [-0.3, -0.25) is 4.79 Å². The Labute approximate surface area is 212 Å². The lowest BCUT2D eigenvalue weighted by Crippen LogP contribution is -2.56. The zero-order chi connectivity index (χ0) is 25.2. The van der Waals surface area contributed by atoms with Crippen molar-refractivity contribution in [2.75, 3.05) is 32.1 Å². The number of benzene rings is 2. The van der Waals surface area contributed by atoms with Gasteiger partial charge in [0.1, 0.15) is 22.1 Å². The Morgan fingerprint density at radius 3 is 2.64 bits per heavy atom. The minimum absolute atomic E-state index is 0.0721. The van der Waals surface area contributed by atoms with Crippen LogP contribution in [0.15, 0.2) is 66.0 Å². The normalized spacial score (nSPS) is 15.8. The topological polar surface area (TPSA) is 66.8 Å². The SMILES string of the molecule is COc1ccccc1NC(=O)N1CCN(C(=O)c2cc3ccsc3n2Cc2ccc(F)cc2)C[C@@H]1C. The lowest BCUT2D eigenvalue weighted by Gasteiger charge is -2.39. The number of hydrogen-bond donors (Lipinski definition) is 1. The molecule has 0 bridgehead atoms. The zero-order valence-electron chi connectivity index (χ0n) is 20.1. The quantitative estimate of drug-likeness (QED) is 0.401. The number of fused-ring (bicyclic) bond motifs is 1. The maximum atomic E-state index is 13.6. The third-order valence-corrected chi connectivity index (χ3v) is 7.45. The second-order valence-corrected chi connectivity index (χ2v) is 9.74. The Kier molecular flexibility index (Phi) is 6.65. The van der Waals surface area contributed by atoms with Crippen LogP contribution in [0.4, 0.5) is 14.9 Å². The number of amides is 3. The molecule has 1 aliphatic rings. The monoisotopic (exact) mass is 506 g/mol. The van der Waals surface area contributed by atoms with Crippen LogP contribution in [-0.2, 0) is 6.54 Å². The molecular formula is C27H27FN4O3S. The van der Waals surface area contributed by atoms with Crippen molar-refractivity contribution >= 4 is 39.2 Å². The summed E-state index contributed by atoms with van der Waals surface area (Å²) in [5.41, 5.74) is 2.12. The summed E-state index contributed by atoms with van der Waals surface area (Å²) in [5.74, 6) is 0.233. The van der Waals surface area contributed by atoms with Crippen LogP contribution in [0.5, 0.6) is 5.75 Å². The number of carbonyl (C=O) groups excluding carboxylic acids is 2. The van der Waals surface area contributed by atoms with Crippen molar-refractivity contribution in [2.24, 2.45) is 0 Å². The van der Waals surface area contributed by atoms with Gasteiger partial charge in [-0.15, -0.1) is 11.3 Å². The first-order chi connectivity index (χ1) is 17.4. The third-order valence-electron chi connectivity index (χ3n) is 6.50. The highest BCUT2D eigenvalue weighted by Gasteiger charge is 2.32. The minimum atomic E-state index is -0.287. The van der Waals surface area contributed by atoms with E-state index in [1.165, 1.54) is 12.1 Å². The van der Waals surface area contributed by atoms with Gasteiger partial charge in [-0.2, -0.15) is 0 Å². The minimum Gasteiger partial charge on any atom is -0.495 e. The van der Waals surface area contributed by atoms with Gasteiger partial charge >= 0.3 is 6.03 Å². The molecule has 0 radical (unpaired) electrons. The van der Waals surface area contributed by atoms with Crippen molar-refractivity contribution in [3.8, 4) is 5.75 Å². The highest BCUT2D eigenvalue weighted by molar-refractivity contribution is 7.16. The number of para-hydroxylation sites is 2. The fourth-order valence-electron chi connectivity index (χ4n) is 4.62. The molecule has 186 valence electrons. The van der Waals surface area contributed by atoms with Crippen molar-refractivity contribution in [3.63, 3.8) is 0 Å². The van der Waals surface area contributed by atoms with Gasteiger partial charge in [0.25, 0.3) is 5.91 Å². The van der Waals surface area contributed by atoms with E-state index in [2.05, 4.69) is 5.32 Å². The van der Waals surface area contributed by atoms with E-state index in [1.807, 2.05) is 41.1 Å². The molecule has 36 heavy (non-hydrogen) atoms. The number of aromatic nitrogens is 1. The second-order valence-electron chi connectivity index (χ2n) is 8.85. The van der Waals surface area contributed by atoms with Gasteiger partial charge in [0.2, 0.25) is 0 Å². The van der Waals surface area contributed by atoms with Crippen LogP contribution < -0.4 is 10.1 Å². The van der Waals surface area contributed by atoms with Crippen molar-refractivity contribution in [2.45, 2.75) is 19.5 Å². The van der Waals surface area contributed by atoms with E-state index in [0.717, 1.165) is 15.8 Å². The fraction of sp³-hybridized carbons (Fsp3) is 0.259. The van der Waals surface area contributed by atoms with Crippen molar-refractivity contribution < 1.29 is 18.7 Å². The number of thiophene rings is 1. The summed E-state index contributed by atoms with van der Waals surface area (Å²) in [4.78, 5) is 31.2. The number of nitrogens with zero attached hydrogens (tertiary/aromatic N) is 3. The molecular weight excluding hydrogens is 479 g/mol. The maximum Gasteiger partial charge on any atom is 0.322 e. The molecule has 9 heteroatoms. The van der Waals surface area contributed by atoms with Gasteiger partial charge in [-0.1, -0.05) is 24.3 Å². The Morgan fingerprint density at radius 1 is 1.11 bits per heavy atom. The van der Waals surface area contributed by atoms with Gasteiger partial charge in [0, 0.05) is 37.6 Å². The smallest absolute Gasteiger partial charge is 0.322 e. The molecule has 2 aromatic carbocycles. The van der Waals surface area contributed by atoms with Gasteiger partial charge in [0.15, 0.2) is 0 Å². The Bertz CT molecular complexity index is 1400. The number of urea groups is 1. The van der Waals surface area contributed by atoms with Gasteiger partial charge in [0.05, 0.1) is 12.8 Å². The molecule has 0 saturated carbocycles. The molecule has 2 aromatic heterocycles. The second kappa shape index (κ2) is 10.0. The number of rotatable bonds is 5. The van der Waals surface area contributed by atoms with Crippen LogP contribution in [0.1, 0.15) is 23.0 Å². The molecule has 1 aliphatic heterocycles. The molecule has 1 atom stereocenters. The maximum absolute atomic E-state index is 13.6. The first-order valence-corrected chi connectivity index (χ1v) is 12.6. The zero-order valence-corrected chi connectivity index (χ0v) is 20.9. The number of anilines is 1. The molecule has 4 aromatic rings. The van der Waals surface area contributed by atoms with Crippen LogP contribution in [-0.4, -0.2) is 59.1 Å². The van der Waals surface area contributed by atoms with Crippen LogP contribution in [0.3, 0.4) is 0 Å². The molecule has 0 spiro atoms. The first kappa shape index (κ1) is 23.9. The number of piperazine rings is 1. The largest absolute Gasteiger partial charge is 0.495 e. The third kappa shape index (κ3) is 4.66. The predicted molar refractivity (Wildman–Crippen MR) is 139 cm³/mol. The molecule has 3 amide bonds. The molecule has 7 nitrogen and oxygen atoms in total. The number of hydrogen-bond acceptors (Lipinski definition) is 4. The molecule has 3 heterocycles. The average molecular weight is 507 g/mol. The molecule has 1 fully saturated rings. The first-order valence-electron chi connectivity index (χ1n) is 11.8. The molecule has 1 N–H and O–H groups in total. The van der Waals surface area contributed by atoms with Crippen molar-refractivity contribution in [1.29, 1.82) is 0 Å². The van der Waals surface area contributed by atoms with Gasteiger partial charge in [-0.25, -0.2) is 9.18 Å². The number of ether oxygens (including phenoxy) is 1. The van der Waals surface area contributed by atoms with Crippen molar-refractivity contribution in [1.82, 2.24) is 14.4 Å². The Balaban J connectivity index is 1.31. The van der Waals surface area contributed by atoms with E-state index in [1.54, 1.807) is 52.5 Å².